The molecule has 274 valence electrons. The van der Waals surface area contributed by atoms with Crippen LogP contribution in [0.25, 0.3) is 65.7 Å². The number of para-hydroxylation sites is 2. The van der Waals surface area contributed by atoms with E-state index < -0.39 is 0 Å². The Kier molecular flexibility index (Phi) is 8.33. The summed E-state index contributed by atoms with van der Waals surface area (Å²) in [6.45, 7) is 0. The predicted octanol–water partition coefficient (Wildman–Crippen LogP) is 15.4. The zero-order valence-corrected chi connectivity index (χ0v) is 32.0. The Hall–Kier alpha value is -7.42. The smallest absolute Gasteiger partial charge is 0.0547 e. The number of aromatic nitrogens is 1. The molecular weight excluding hydrogens is 701 g/mol. The van der Waals surface area contributed by atoms with Gasteiger partial charge in [0.2, 0.25) is 0 Å². The van der Waals surface area contributed by atoms with E-state index in [1.54, 1.807) is 0 Å². The third-order valence-electron chi connectivity index (χ3n) is 11.8. The van der Waals surface area contributed by atoms with Crippen molar-refractivity contribution >= 4 is 66.0 Å². The zero-order valence-electron chi connectivity index (χ0n) is 32.0. The van der Waals surface area contributed by atoms with Gasteiger partial charge >= 0.3 is 0 Å². The molecule has 9 aromatic carbocycles. The van der Waals surface area contributed by atoms with Crippen LogP contribution in [0.1, 0.15) is 23.5 Å². The lowest BCUT2D eigenvalue weighted by Crippen LogP contribution is -2.11. The minimum Gasteiger partial charge on any atom is -0.310 e. The molecule has 0 aliphatic heterocycles. The van der Waals surface area contributed by atoms with Crippen LogP contribution < -0.4 is 4.90 Å². The largest absolute Gasteiger partial charge is 0.310 e. The van der Waals surface area contributed by atoms with Gasteiger partial charge in [-0.05, 0) is 123 Å². The highest BCUT2D eigenvalue weighted by Crippen LogP contribution is 2.42. The van der Waals surface area contributed by atoms with Crippen molar-refractivity contribution < 1.29 is 0 Å². The summed E-state index contributed by atoms with van der Waals surface area (Å²) in [7, 11) is 0. The molecule has 11 rings (SSSR count). The van der Waals surface area contributed by atoms with Crippen LogP contribution in [-0.2, 0) is 0 Å². The Morgan fingerprint density at radius 3 is 1.91 bits per heavy atom. The molecule has 1 aliphatic rings. The van der Waals surface area contributed by atoms with Crippen LogP contribution in [0.15, 0.2) is 224 Å². The maximum Gasteiger partial charge on any atom is 0.0547 e. The standard InChI is InChI=1S/C56H40N2/c1-2-20-48(21-3-1)58-54-25-9-8-23-53(54)56-52(24-12-26-55(56)58)47-19-10-17-43(36-47)45-18-11-22-50(38-45)57(51-34-31-40-14-5-7-16-44(40)37-51)49-32-29-41(30-33-49)46-28-27-39-13-4-6-15-42(39)35-46/h1-16,18-38,43H,17H2. The second kappa shape index (κ2) is 14.3. The summed E-state index contributed by atoms with van der Waals surface area (Å²) in [4.78, 5) is 2.41. The Morgan fingerprint density at radius 2 is 1.09 bits per heavy atom. The minimum atomic E-state index is 0.228. The Labute approximate surface area is 338 Å². The molecule has 1 atom stereocenters. The van der Waals surface area contributed by atoms with Crippen molar-refractivity contribution in [3.8, 4) is 16.8 Å². The third-order valence-corrected chi connectivity index (χ3v) is 11.8. The fourth-order valence-corrected chi connectivity index (χ4v) is 9.04. The van der Waals surface area contributed by atoms with Crippen molar-refractivity contribution in [1.82, 2.24) is 4.57 Å². The van der Waals surface area contributed by atoms with Gasteiger partial charge in [0.1, 0.15) is 0 Å². The maximum absolute atomic E-state index is 2.49. The number of benzene rings is 9. The van der Waals surface area contributed by atoms with Crippen LogP contribution >= 0.6 is 0 Å². The molecule has 58 heavy (non-hydrogen) atoms. The van der Waals surface area contributed by atoms with Crippen molar-refractivity contribution in [2.45, 2.75) is 12.3 Å². The Morgan fingerprint density at radius 1 is 0.448 bits per heavy atom. The van der Waals surface area contributed by atoms with Crippen molar-refractivity contribution in [2.24, 2.45) is 0 Å². The fraction of sp³-hybridized carbons (Fsp3) is 0.0357. The van der Waals surface area contributed by atoms with Gasteiger partial charge in [0.15, 0.2) is 0 Å². The Balaban J connectivity index is 0.994. The SMILES string of the molecule is C1=CC(c2cccc3c2c2ccccc2n3-c2ccccc2)=CC(c2cccc(N(c3ccc(-c4ccc5ccccc5c4)cc3)c3ccc4ccccc4c3)c2)C1. The molecule has 0 fully saturated rings. The molecule has 0 amide bonds. The molecule has 0 radical (unpaired) electrons. The van der Waals surface area contributed by atoms with Gasteiger partial charge in [0, 0.05) is 39.4 Å². The van der Waals surface area contributed by atoms with Crippen LogP contribution in [0.3, 0.4) is 0 Å². The van der Waals surface area contributed by atoms with Crippen LogP contribution in [0, 0.1) is 0 Å². The molecule has 0 spiro atoms. The van der Waals surface area contributed by atoms with Crippen molar-refractivity contribution in [2.75, 3.05) is 4.90 Å². The van der Waals surface area contributed by atoms with Crippen LogP contribution in [-0.4, -0.2) is 4.57 Å². The lowest BCUT2D eigenvalue weighted by molar-refractivity contribution is 0.857. The van der Waals surface area contributed by atoms with Gasteiger partial charge in [-0.2, -0.15) is 0 Å². The normalized spacial score (nSPS) is 14.0. The summed E-state index contributed by atoms with van der Waals surface area (Å²) >= 11 is 0. The second-order valence-electron chi connectivity index (χ2n) is 15.3. The predicted molar refractivity (Wildman–Crippen MR) is 247 cm³/mol. The molecule has 2 nitrogen and oxygen atoms in total. The van der Waals surface area contributed by atoms with E-state index in [1.165, 1.54) is 76.9 Å². The third kappa shape index (κ3) is 5.98. The van der Waals surface area contributed by atoms with Gasteiger partial charge in [-0.25, -0.2) is 0 Å². The highest BCUT2D eigenvalue weighted by Gasteiger charge is 2.21. The summed E-state index contributed by atoms with van der Waals surface area (Å²) in [5, 5.41) is 7.54. The average Bonchev–Trinajstić information content (AvgIpc) is 3.64. The number of hydrogen-bond acceptors (Lipinski definition) is 1. The fourth-order valence-electron chi connectivity index (χ4n) is 9.04. The van der Waals surface area contributed by atoms with Gasteiger partial charge in [0.25, 0.3) is 0 Å². The molecule has 2 heteroatoms. The molecule has 0 saturated carbocycles. The van der Waals surface area contributed by atoms with Crippen molar-refractivity contribution in [3.63, 3.8) is 0 Å². The molecule has 1 aromatic heterocycles. The number of hydrogen-bond donors (Lipinski definition) is 0. The highest BCUT2D eigenvalue weighted by atomic mass is 15.1. The number of rotatable bonds is 7. The first-order chi connectivity index (χ1) is 28.7. The topological polar surface area (TPSA) is 8.17 Å². The molecule has 0 bridgehead atoms. The Bertz CT molecular complexity index is 3200. The zero-order chi connectivity index (χ0) is 38.4. The second-order valence-corrected chi connectivity index (χ2v) is 15.3. The van der Waals surface area contributed by atoms with E-state index in [1.807, 2.05) is 0 Å². The van der Waals surface area contributed by atoms with E-state index in [4.69, 9.17) is 0 Å². The lowest BCUT2D eigenvalue weighted by Gasteiger charge is -2.27. The first kappa shape index (κ1) is 33.9. The molecule has 1 aliphatic carbocycles. The number of anilines is 3. The monoisotopic (exact) mass is 740 g/mol. The van der Waals surface area contributed by atoms with Crippen molar-refractivity contribution in [3.05, 3.63) is 236 Å². The van der Waals surface area contributed by atoms with E-state index in [9.17, 15) is 0 Å². The highest BCUT2D eigenvalue weighted by molar-refractivity contribution is 6.14. The maximum atomic E-state index is 2.49. The van der Waals surface area contributed by atoms with E-state index in [0.717, 1.165) is 23.5 Å². The number of fused-ring (bicyclic) bond motifs is 5. The van der Waals surface area contributed by atoms with Gasteiger partial charge in [0.05, 0.1) is 11.0 Å². The molecule has 10 aromatic rings. The van der Waals surface area contributed by atoms with Gasteiger partial charge in [-0.1, -0.05) is 158 Å². The quantitative estimate of drug-likeness (QED) is 0.158. The average molecular weight is 741 g/mol. The number of nitrogens with zero attached hydrogens (tertiary/aromatic N) is 2. The minimum absolute atomic E-state index is 0.228. The van der Waals surface area contributed by atoms with Crippen LogP contribution in [0.2, 0.25) is 0 Å². The van der Waals surface area contributed by atoms with E-state index in [-0.39, 0.29) is 5.92 Å². The summed E-state index contributed by atoms with van der Waals surface area (Å²) in [5.74, 6) is 0.228. The number of allylic oxidation sites excluding steroid dienone is 4. The lowest BCUT2D eigenvalue weighted by atomic mass is 9.86. The van der Waals surface area contributed by atoms with E-state index in [2.05, 4.69) is 234 Å². The van der Waals surface area contributed by atoms with Gasteiger partial charge < -0.3 is 9.47 Å². The van der Waals surface area contributed by atoms with E-state index >= 15 is 0 Å². The van der Waals surface area contributed by atoms with Gasteiger partial charge in [-0.15, -0.1) is 0 Å². The summed E-state index contributed by atoms with van der Waals surface area (Å²) in [6.07, 6.45) is 8.11. The van der Waals surface area contributed by atoms with E-state index in [0.29, 0.717) is 0 Å². The van der Waals surface area contributed by atoms with Crippen LogP contribution in [0.5, 0.6) is 0 Å². The van der Waals surface area contributed by atoms with Crippen LogP contribution in [0.4, 0.5) is 17.1 Å². The van der Waals surface area contributed by atoms with Crippen molar-refractivity contribution in [1.29, 1.82) is 0 Å². The molecule has 1 heterocycles. The molecule has 0 N–H and O–H groups in total. The summed E-state index contributed by atoms with van der Waals surface area (Å²) < 4.78 is 2.40. The van der Waals surface area contributed by atoms with Gasteiger partial charge in [-0.3, -0.25) is 0 Å². The molecule has 1 unspecified atom stereocenters. The molecular formula is C56H40N2. The first-order valence-electron chi connectivity index (χ1n) is 20.2. The summed E-state index contributed by atoms with van der Waals surface area (Å²) in [6, 6.07) is 75.2. The summed E-state index contributed by atoms with van der Waals surface area (Å²) in [5.41, 5.74) is 13.3. The first-order valence-corrected chi connectivity index (χ1v) is 20.2. The molecule has 0 saturated heterocycles.